The molecule has 0 atom stereocenters. The molecule has 0 rings (SSSR count). The SMILES string of the molecule is CCCCCCCP(=O)(O)CCCCCCC.[Mo]. The molecule has 0 radical (unpaired) electrons. The molecule has 0 aliphatic heterocycles. The van der Waals surface area contributed by atoms with Crippen LogP contribution in [0.5, 0.6) is 0 Å². The van der Waals surface area contributed by atoms with Crippen LogP contribution in [0.15, 0.2) is 0 Å². The second kappa shape index (κ2) is 14.3. The number of hydrogen-bond acceptors (Lipinski definition) is 1. The molecular weight excluding hydrogens is 327 g/mol. The molecule has 18 heavy (non-hydrogen) atoms. The van der Waals surface area contributed by atoms with Gasteiger partial charge in [0.2, 0.25) is 7.37 Å². The molecule has 0 heterocycles. The Labute approximate surface area is 128 Å². The van der Waals surface area contributed by atoms with Gasteiger partial charge in [0.15, 0.2) is 0 Å². The Bertz CT molecular complexity index is 192. The molecule has 0 aliphatic carbocycles. The van der Waals surface area contributed by atoms with Gasteiger partial charge in [-0.1, -0.05) is 65.2 Å². The third-order valence-electron chi connectivity index (χ3n) is 3.22. The van der Waals surface area contributed by atoms with Crippen LogP contribution >= 0.6 is 7.37 Å². The van der Waals surface area contributed by atoms with Crippen molar-refractivity contribution in [3.05, 3.63) is 0 Å². The van der Waals surface area contributed by atoms with Gasteiger partial charge in [0, 0.05) is 33.4 Å². The van der Waals surface area contributed by atoms with Crippen LogP contribution in [-0.4, -0.2) is 17.2 Å². The summed E-state index contributed by atoms with van der Waals surface area (Å²) in [6, 6.07) is 0. The van der Waals surface area contributed by atoms with Crippen LogP contribution in [-0.2, 0) is 25.6 Å². The van der Waals surface area contributed by atoms with Gasteiger partial charge < -0.3 is 4.89 Å². The fraction of sp³-hybridized carbons (Fsp3) is 1.00. The smallest absolute Gasteiger partial charge is 0.200 e. The van der Waals surface area contributed by atoms with E-state index >= 15 is 0 Å². The molecule has 0 aromatic carbocycles. The Balaban J connectivity index is 0. The molecule has 0 saturated heterocycles. The van der Waals surface area contributed by atoms with Gasteiger partial charge in [-0.15, -0.1) is 0 Å². The van der Waals surface area contributed by atoms with Crippen molar-refractivity contribution < 1.29 is 30.5 Å². The molecule has 1 N–H and O–H groups in total. The van der Waals surface area contributed by atoms with E-state index in [-0.39, 0.29) is 21.1 Å². The van der Waals surface area contributed by atoms with Crippen LogP contribution in [0.2, 0.25) is 0 Å². The zero-order valence-electron chi connectivity index (χ0n) is 12.2. The Morgan fingerprint density at radius 1 is 0.722 bits per heavy atom. The fourth-order valence-electron chi connectivity index (χ4n) is 2.04. The van der Waals surface area contributed by atoms with Crippen LogP contribution in [0.1, 0.15) is 78.1 Å². The van der Waals surface area contributed by atoms with Crippen molar-refractivity contribution in [2.45, 2.75) is 78.1 Å². The average Bonchev–Trinajstić information content (AvgIpc) is 2.28. The second-order valence-electron chi connectivity index (χ2n) is 5.12. The summed E-state index contributed by atoms with van der Waals surface area (Å²) in [5.74, 6) is 0. The number of rotatable bonds is 12. The summed E-state index contributed by atoms with van der Waals surface area (Å²) >= 11 is 0. The van der Waals surface area contributed by atoms with Gasteiger partial charge in [-0.05, 0) is 12.8 Å². The predicted molar refractivity (Wildman–Crippen MR) is 77.1 cm³/mol. The van der Waals surface area contributed by atoms with Crippen molar-refractivity contribution in [3.63, 3.8) is 0 Å². The average molecular weight is 358 g/mol. The van der Waals surface area contributed by atoms with Gasteiger partial charge in [0.25, 0.3) is 0 Å². The van der Waals surface area contributed by atoms with Gasteiger partial charge in [-0.3, -0.25) is 4.57 Å². The maximum absolute atomic E-state index is 11.8. The van der Waals surface area contributed by atoms with Crippen LogP contribution in [0.3, 0.4) is 0 Å². The molecule has 0 fully saturated rings. The Kier molecular flexibility index (Phi) is 16.8. The Morgan fingerprint density at radius 2 is 1.06 bits per heavy atom. The normalized spacial score (nSPS) is 11.3. The monoisotopic (exact) mass is 360 g/mol. The van der Waals surface area contributed by atoms with Crippen molar-refractivity contribution >= 4 is 7.37 Å². The summed E-state index contributed by atoms with van der Waals surface area (Å²) in [7, 11) is -2.79. The molecule has 4 heteroatoms. The van der Waals surface area contributed by atoms with Gasteiger partial charge in [-0.2, -0.15) is 0 Å². The summed E-state index contributed by atoms with van der Waals surface area (Å²) in [4.78, 5) is 9.78. The molecule has 0 unspecified atom stereocenters. The standard InChI is InChI=1S/C14H31O2P.Mo/c1-3-5-7-9-11-13-17(15,16)14-12-10-8-6-4-2;/h3-14H2,1-2H3,(H,15,16);. The summed E-state index contributed by atoms with van der Waals surface area (Å²) < 4.78 is 11.8. The maximum atomic E-state index is 11.8. The van der Waals surface area contributed by atoms with E-state index in [0.717, 1.165) is 25.7 Å². The summed E-state index contributed by atoms with van der Waals surface area (Å²) in [5, 5.41) is 0. The first-order chi connectivity index (χ1) is 8.12. The van der Waals surface area contributed by atoms with Crippen molar-refractivity contribution in [2.24, 2.45) is 0 Å². The summed E-state index contributed by atoms with van der Waals surface area (Å²) in [6.07, 6.45) is 12.6. The van der Waals surface area contributed by atoms with E-state index in [1.54, 1.807) is 0 Å². The number of unbranched alkanes of at least 4 members (excludes halogenated alkanes) is 8. The molecule has 0 bridgehead atoms. The van der Waals surface area contributed by atoms with Gasteiger partial charge >= 0.3 is 0 Å². The van der Waals surface area contributed by atoms with Gasteiger partial charge in [-0.25, -0.2) is 0 Å². The second-order valence-corrected chi connectivity index (χ2v) is 7.71. The Hall–Kier alpha value is 0.878. The van der Waals surface area contributed by atoms with E-state index in [1.165, 1.54) is 38.5 Å². The third-order valence-corrected chi connectivity index (χ3v) is 5.25. The topological polar surface area (TPSA) is 37.3 Å². The molecule has 0 amide bonds. The molecular formula is C14H31MoO2P. The first-order valence-corrected chi connectivity index (χ1v) is 9.46. The Morgan fingerprint density at radius 3 is 1.39 bits per heavy atom. The van der Waals surface area contributed by atoms with Crippen molar-refractivity contribution in [3.8, 4) is 0 Å². The molecule has 0 aromatic rings. The number of hydrogen-bond donors (Lipinski definition) is 1. The zero-order chi connectivity index (χ0) is 13.0. The minimum atomic E-state index is -2.79. The molecule has 110 valence electrons. The quantitative estimate of drug-likeness (QED) is 0.296. The largest absolute Gasteiger partial charge is 0.344 e. The van der Waals surface area contributed by atoms with Crippen molar-refractivity contribution in [2.75, 3.05) is 12.3 Å². The van der Waals surface area contributed by atoms with E-state index in [1.807, 2.05) is 0 Å². The first kappa shape index (κ1) is 21.2. The van der Waals surface area contributed by atoms with E-state index in [9.17, 15) is 9.46 Å². The van der Waals surface area contributed by atoms with Crippen molar-refractivity contribution in [1.29, 1.82) is 0 Å². The van der Waals surface area contributed by atoms with Gasteiger partial charge in [0.1, 0.15) is 0 Å². The van der Waals surface area contributed by atoms with Crippen LogP contribution in [0.25, 0.3) is 0 Å². The molecule has 0 spiro atoms. The van der Waals surface area contributed by atoms with E-state index < -0.39 is 7.37 Å². The molecule has 0 saturated carbocycles. The first-order valence-electron chi connectivity index (χ1n) is 7.43. The summed E-state index contributed by atoms with van der Waals surface area (Å²) in [5.41, 5.74) is 0. The summed E-state index contributed by atoms with van der Waals surface area (Å²) in [6.45, 7) is 4.38. The van der Waals surface area contributed by atoms with Crippen LogP contribution < -0.4 is 0 Å². The minimum absolute atomic E-state index is 0. The van der Waals surface area contributed by atoms with Gasteiger partial charge in [0.05, 0.1) is 0 Å². The molecule has 0 aromatic heterocycles. The van der Waals surface area contributed by atoms with E-state index in [2.05, 4.69) is 13.8 Å². The van der Waals surface area contributed by atoms with E-state index in [4.69, 9.17) is 0 Å². The van der Waals surface area contributed by atoms with Crippen molar-refractivity contribution in [1.82, 2.24) is 0 Å². The third kappa shape index (κ3) is 14.9. The predicted octanol–water partition coefficient (Wildman–Crippen LogP) is 5.20. The fourth-order valence-corrected chi connectivity index (χ4v) is 3.70. The molecule has 0 aliphatic rings. The zero-order valence-corrected chi connectivity index (χ0v) is 15.1. The van der Waals surface area contributed by atoms with Crippen LogP contribution in [0.4, 0.5) is 0 Å². The maximum Gasteiger partial charge on any atom is 0.200 e. The molecule has 2 nitrogen and oxygen atoms in total. The minimum Gasteiger partial charge on any atom is -0.344 e. The van der Waals surface area contributed by atoms with E-state index in [0.29, 0.717) is 12.3 Å². The van der Waals surface area contributed by atoms with Crippen LogP contribution in [0, 0.1) is 0 Å².